The number of benzene rings is 1. The highest BCUT2D eigenvalue weighted by Crippen LogP contribution is 2.24. The molecule has 0 aliphatic rings. The van der Waals surface area contributed by atoms with Crippen molar-refractivity contribution in [3.8, 4) is 11.5 Å². The van der Waals surface area contributed by atoms with Crippen LogP contribution in [0.5, 0.6) is 0 Å². The first-order chi connectivity index (χ1) is 9.45. The molecule has 0 spiro atoms. The van der Waals surface area contributed by atoms with E-state index < -0.39 is 9.84 Å². The second kappa shape index (κ2) is 4.57. The van der Waals surface area contributed by atoms with E-state index in [1.807, 2.05) is 0 Å². The summed E-state index contributed by atoms with van der Waals surface area (Å²) in [6, 6.07) is 8.42. The fourth-order valence-electron chi connectivity index (χ4n) is 1.94. The quantitative estimate of drug-likeness (QED) is 0.789. The predicted molar refractivity (Wildman–Crippen MR) is 77.4 cm³/mol. The van der Waals surface area contributed by atoms with Gasteiger partial charge in [-0.15, -0.1) is 0 Å². The summed E-state index contributed by atoms with van der Waals surface area (Å²) in [5.41, 5.74) is 1.67. The number of rotatable bonds is 2. The highest BCUT2D eigenvalue weighted by molar-refractivity contribution is 7.91. The molecule has 1 aromatic carbocycles. The van der Waals surface area contributed by atoms with Gasteiger partial charge in [0.15, 0.2) is 15.7 Å². The molecule has 1 N–H and O–H groups in total. The lowest BCUT2D eigenvalue weighted by molar-refractivity contribution is 0.602. The standard InChI is InChI=1S/C13H10ClN3O2S/c1-20(18,19)11-4-2-3-9-12(11)17-13(16-9)10-6-5-8(14)7-15-10/h2-7H,1H3,(H,16,17). The van der Waals surface area contributed by atoms with E-state index in [1.165, 1.54) is 12.3 Å². The van der Waals surface area contributed by atoms with Gasteiger partial charge in [-0.3, -0.25) is 4.98 Å². The van der Waals surface area contributed by atoms with Crippen LogP contribution in [-0.2, 0) is 9.84 Å². The maximum absolute atomic E-state index is 11.8. The van der Waals surface area contributed by atoms with Gasteiger partial charge in [0.25, 0.3) is 0 Å². The Hall–Kier alpha value is -1.92. The summed E-state index contributed by atoms with van der Waals surface area (Å²) < 4.78 is 23.5. The van der Waals surface area contributed by atoms with Crippen LogP contribution in [0.15, 0.2) is 41.4 Å². The molecule has 0 amide bonds. The Bertz CT molecular complexity index is 886. The smallest absolute Gasteiger partial charge is 0.177 e. The summed E-state index contributed by atoms with van der Waals surface area (Å²) in [7, 11) is -3.33. The van der Waals surface area contributed by atoms with Gasteiger partial charge in [-0.2, -0.15) is 0 Å². The van der Waals surface area contributed by atoms with Crippen LogP contribution in [0.4, 0.5) is 0 Å². The first kappa shape index (κ1) is 13.1. The van der Waals surface area contributed by atoms with E-state index in [-0.39, 0.29) is 4.90 Å². The molecule has 0 saturated carbocycles. The molecular weight excluding hydrogens is 298 g/mol. The molecule has 5 nitrogen and oxygen atoms in total. The van der Waals surface area contributed by atoms with Crippen molar-refractivity contribution in [1.29, 1.82) is 0 Å². The maximum atomic E-state index is 11.8. The number of para-hydroxylation sites is 1. The molecule has 2 heterocycles. The number of H-pyrrole nitrogens is 1. The summed E-state index contributed by atoms with van der Waals surface area (Å²) in [5, 5.41) is 0.529. The molecule has 0 saturated heterocycles. The van der Waals surface area contributed by atoms with E-state index >= 15 is 0 Å². The third-order valence-electron chi connectivity index (χ3n) is 2.85. The zero-order chi connectivity index (χ0) is 14.3. The Labute approximate surface area is 120 Å². The number of halogens is 1. The van der Waals surface area contributed by atoms with E-state index in [0.717, 1.165) is 6.26 Å². The van der Waals surface area contributed by atoms with Gasteiger partial charge >= 0.3 is 0 Å². The fraction of sp³-hybridized carbons (Fsp3) is 0.0769. The minimum absolute atomic E-state index is 0.200. The second-order valence-electron chi connectivity index (χ2n) is 4.37. The zero-order valence-corrected chi connectivity index (χ0v) is 12.0. The van der Waals surface area contributed by atoms with Crippen LogP contribution in [0, 0.1) is 0 Å². The molecule has 0 aliphatic heterocycles. The van der Waals surface area contributed by atoms with Crippen molar-refractivity contribution in [1.82, 2.24) is 15.0 Å². The molecule has 3 rings (SSSR count). The number of imidazole rings is 1. The molecule has 0 bridgehead atoms. The number of fused-ring (bicyclic) bond motifs is 1. The lowest BCUT2D eigenvalue weighted by Crippen LogP contribution is -1.97. The van der Waals surface area contributed by atoms with Crippen molar-refractivity contribution in [2.24, 2.45) is 0 Å². The topological polar surface area (TPSA) is 75.7 Å². The van der Waals surface area contributed by atoms with Crippen LogP contribution < -0.4 is 0 Å². The third-order valence-corrected chi connectivity index (χ3v) is 4.20. The largest absolute Gasteiger partial charge is 0.337 e. The number of aromatic nitrogens is 3. The van der Waals surface area contributed by atoms with E-state index in [4.69, 9.17) is 11.6 Å². The summed E-state index contributed by atoms with van der Waals surface area (Å²) >= 11 is 5.79. The van der Waals surface area contributed by atoms with Crippen molar-refractivity contribution in [3.63, 3.8) is 0 Å². The molecule has 0 atom stereocenters. The fourth-order valence-corrected chi connectivity index (χ4v) is 2.89. The SMILES string of the molecule is CS(=O)(=O)c1cccc2[nH]c(-c3ccc(Cl)cn3)nc12. The summed E-state index contributed by atoms with van der Waals surface area (Å²) in [6.45, 7) is 0. The zero-order valence-electron chi connectivity index (χ0n) is 10.5. The molecule has 102 valence electrons. The number of hydrogen-bond acceptors (Lipinski definition) is 4. The van der Waals surface area contributed by atoms with E-state index in [2.05, 4.69) is 15.0 Å². The van der Waals surface area contributed by atoms with Gasteiger partial charge in [-0.05, 0) is 24.3 Å². The van der Waals surface area contributed by atoms with Gasteiger partial charge in [0.1, 0.15) is 11.2 Å². The molecule has 0 fully saturated rings. The lowest BCUT2D eigenvalue weighted by atomic mass is 10.3. The molecule has 7 heteroatoms. The van der Waals surface area contributed by atoms with Crippen molar-refractivity contribution >= 4 is 32.5 Å². The predicted octanol–water partition coefficient (Wildman–Crippen LogP) is 2.68. The van der Waals surface area contributed by atoms with E-state index in [1.54, 1.807) is 24.3 Å². The average molecular weight is 308 g/mol. The van der Waals surface area contributed by atoms with Crippen LogP contribution in [0.3, 0.4) is 0 Å². The Morgan fingerprint density at radius 1 is 1.20 bits per heavy atom. The van der Waals surface area contributed by atoms with Crippen LogP contribution >= 0.6 is 11.6 Å². The minimum Gasteiger partial charge on any atom is -0.337 e. The van der Waals surface area contributed by atoms with Crippen molar-refractivity contribution < 1.29 is 8.42 Å². The number of pyridine rings is 1. The second-order valence-corrected chi connectivity index (χ2v) is 6.79. The Kier molecular flexibility index (Phi) is 2.99. The van der Waals surface area contributed by atoms with Gasteiger partial charge in [0, 0.05) is 12.5 Å². The molecule has 0 unspecified atom stereocenters. The van der Waals surface area contributed by atoms with Gasteiger partial charge in [0.2, 0.25) is 0 Å². The van der Waals surface area contributed by atoms with Gasteiger partial charge < -0.3 is 4.98 Å². The van der Waals surface area contributed by atoms with Crippen LogP contribution in [0.25, 0.3) is 22.6 Å². The highest BCUT2D eigenvalue weighted by Gasteiger charge is 2.15. The summed E-state index contributed by atoms with van der Waals surface area (Å²) in [4.78, 5) is 11.8. The molecule has 0 radical (unpaired) electrons. The molecular formula is C13H10ClN3O2S. The summed E-state index contributed by atoms with van der Waals surface area (Å²) in [6.07, 6.45) is 2.68. The molecule has 2 aromatic heterocycles. The van der Waals surface area contributed by atoms with Crippen LogP contribution in [0.1, 0.15) is 0 Å². The monoisotopic (exact) mass is 307 g/mol. The number of nitrogens with zero attached hydrogens (tertiary/aromatic N) is 2. The third kappa shape index (κ3) is 2.28. The van der Waals surface area contributed by atoms with Gasteiger partial charge in [0.05, 0.1) is 15.4 Å². The molecule has 20 heavy (non-hydrogen) atoms. The first-order valence-electron chi connectivity index (χ1n) is 5.76. The normalized spacial score (nSPS) is 11.9. The van der Waals surface area contributed by atoms with Crippen molar-refractivity contribution in [3.05, 3.63) is 41.6 Å². The lowest BCUT2D eigenvalue weighted by Gasteiger charge is -1.97. The van der Waals surface area contributed by atoms with Gasteiger partial charge in [-0.1, -0.05) is 17.7 Å². The number of sulfone groups is 1. The van der Waals surface area contributed by atoms with E-state index in [9.17, 15) is 8.42 Å². The highest BCUT2D eigenvalue weighted by atomic mass is 35.5. The van der Waals surface area contributed by atoms with E-state index in [0.29, 0.717) is 27.6 Å². The number of hydrogen-bond donors (Lipinski definition) is 1. The Balaban J connectivity index is 2.23. The molecule has 0 aliphatic carbocycles. The van der Waals surface area contributed by atoms with Crippen molar-refractivity contribution in [2.75, 3.05) is 6.26 Å². The first-order valence-corrected chi connectivity index (χ1v) is 8.03. The van der Waals surface area contributed by atoms with Crippen LogP contribution in [0.2, 0.25) is 5.02 Å². The summed E-state index contributed by atoms with van der Waals surface area (Å²) in [5.74, 6) is 0.507. The van der Waals surface area contributed by atoms with Gasteiger partial charge in [-0.25, -0.2) is 13.4 Å². The number of aromatic amines is 1. The van der Waals surface area contributed by atoms with Crippen LogP contribution in [-0.4, -0.2) is 29.6 Å². The molecule has 3 aromatic rings. The Morgan fingerprint density at radius 2 is 2.00 bits per heavy atom. The minimum atomic E-state index is -3.33. The average Bonchev–Trinajstić information content (AvgIpc) is 2.81. The van der Waals surface area contributed by atoms with Crippen molar-refractivity contribution in [2.45, 2.75) is 4.90 Å². The Morgan fingerprint density at radius 3 is 2.65 bits per heavy atom. The maximum Gasteiger partial charge on any atom is 0.177 e. The number of nitrogens with one attached hydrogen (secondary N) is 1.